The average Bonchev–Trinajstić information content (AvgIpc) is 2.64. The van der Waals surface area contributed by atoms with Gasteiger partial charge in [0.2, 0.25) is 0 Å². The van der Waals surface area contributed by atoms with E-state index in [1.54, 1.807) is 11.0 Å². The van der Waals surface area contributed by atoms with E-state index < -0.39 is 6.23 Å². The maximum absolute atomic E-state index is 12.2. The molecule has 0 saturated carbocycles. The molecule has 2 heterocycles. The normalized spacial score (nSPS) is 28.3. The molecule has 1 unspecified atom stereocenters. The highest BCUT2D eigenvalue weighted by Gasteiger charge is 2.39. The standard InChI is InChI=1S/C13H16N2O2/c16-12-10-5-1-2-6-11(10)13(17)15(12)9-4-3-7-14-8-9/h1-2,5-6,9,12,14,16H,3-4,7-8H2/t9-,12?/m0/s1. The van der Waals surface area contributed by atoms with Crippen molar-refractivity contribution in [3.63, 3.8) is 0 Å². The second kappa shape index (κ2) is 4.13. The molecule has 0 aromatic heterocycles. The van der Waals surface area contributed by atoms with Gasteiger partial charge < -0.3 is 15.3 Å². The van der Waals surface area contributed by atoms with Gasteiger partial charge in [0.25, 0.3) is 5.91 Å². The predicted octanol–water partition coefficient (Wildman–Crippen LogP) is 0.885. The first-order valence-corrected chi connectivity index (χ1v) is 6.09. The molecule has 4 nitrogen and oxygen atoms in total. The number of piperidine rings is 1. The lowest BCUT2D eigenvalue weighted by atomic mass is 10.1. The molecule has 2 atom stereocenters. The van der Waals surface area contributed by atoms with Crippen molar-refractivity contribution in [3.05, 3.63) is 35.4 Å². The lowest BCUT2D eigenvalue weighted by Crippen LogP contribution is -2.47. The smallest absolute Gasteiger partial charge is 0.256 e. The molecule has 1 saturated heterocycles. The summed E-state index contributed by atoms with van der Waals surface area (Å²) in [6.07, 6.45) is 1.24. The highest BCUT2D eigenvalue weighted by atomic mass is 16.3. The van der Waals surface area contributed by atoms with Crippen LogP contribution >= 0.6 is 0 Å². The molecule has 0 spiro atoms. The maximum Gasteiger partial charge on any atom is 0.256 e. The number of fused-ring (bicyclic) bond motifs is 1. The molecule has 90 valence electrons. The van der Waals surface area contributed by atoms with Crippen LogP contribution in [0.4, 0.5) is 0 Å². The number of rotatable bonds is 1. The fourth-order valence-electron chi connectivity index (χ4n) is 2.75. The van der Waals surface area contributed by atoms with Crippen LogP contribution in [-0.4, -0.2) is 35.0 Å². The third kappa shape index (κ3) is 1.64. The van der Waals surface area contributed by atoms with Gasteiger partial charge in [-0.25, -0.2) is 0 Å². The Hall–Kier alpha value is -1.39. The molecule has 2 aliphatic rings. The lowest BCUT2D eigenvalue weighted by Gasteiger charge is -2.33. The van der Waals surface area contributed by atoms with Gasteiger partial charge in [0.1, 0.15) is 0 Å². The summed E-state index contributed by atoms with van der Waals surface area (Å²) >= 11 is 0. The van der Waals surface area contributed by atoms with E-state index in [1.165, 1.54) is 0 Å². The molecular weight excluding hydrogens is 216 g/mol. The molecule has 0 bridgehead atoms. The zero-order valence-electron chi connectivity index (χ0n) is 9.60. The van der Waals surface area contributed by atoms with E-state index in [1.807, 2.05) is 18.2 Å². The van der Waals surface area contributed by atoms with Crippen LogP contribution in [-0.2, 0) is 0 Å². The molecule has 17 heavy (non-hydrogen) atoms. The van der Waals surface area contributed by atoms with Gasteiger partial charge in [-0.15, -0.1) is 0 Å². The summed E-state index contributed by atoms with van der Waals surface area (Å²) in [7, 11) is 0. The molecule has 4 heteroatoms. The molecule has 0 aliphatic carbocycles. The number of carbonyl (C=O) groups is 1. The van der Waals surface area contributed by atoms with Crippen molar-refractivity contribution < 1.29 is 9.90 Å². The summed E-state index contributed by atoms with van der Waals surface area (Å²) < 4.78 is 0. The molecule has 1 amide bonds. The number of nitrogens with one attached hydrogen (secondary N) is 1. The van der Waals surface area contributed by atoms with Gasteiger partial charge in [-0.3, -0.25) is 4.79 Å². The van der Waals surface area contributed by atoms with Gasteiger partial charge in [-0.05, 0) is 25.5 Å². The number of hydrogen-bond donors (Lipinski definition) is 2. The first kappa shape index (κ1) is 10.7. The maximum atomic E-state index is 12.2. The van der Waals surface area contributed by atoms with Crippen LogP contribution in [0.15, 0.2) is 24.3 Å². The van der Waals surface area contributed by atoms with Gasteiger partial charge in [-0.1, -0.05) is 18.2 Å². The monoisotopic (exact) mass is 232 g/mol. The summed E-state index contributed by atoms with van der Waals surface area (Å²) in [5, 5.41) is 13.5. The second-order valence-corrected chi connectivity index (χ2v) is 4.67. The molecular formula is C13H16N2O2. The van der Waals surface area contributed by atoms with Gasteiger partial charge in [-0.2, -0.15) is 0 Å². The van der Waals surface area contributed by atoms with E-state index in [4.69, 9.17) is 0 Å². The number of aliphatic hydroxyl groups is 1. The Kier molecular flexibility index (Phi) is 2.61. The topological polar surface area (TPSA) is 52.6 Å². The van der Waals surface area contributed by atoms with Gasteiger partial charge in [0.05, 0.1) is 0 Å². The van der Waals surface area contributed by atoms with Crippen LogP contribution in [0.25, 0.3) is 0 Å². The molecule has 2 aliphatic heterocycles. The van der Waals surface area contributed by atoms with Crippen LogP contribution in [0, 0.1) is 0 Å². The molecule has 1 fully saturated rings. The lowest BCUT2D eigenvalue weighted by molar-refractivity contribution is -0.00782. The Morgan fingerprint density at radius 3 is 2.88 bits per heavy atom. The number of benzene rings is 1. The van der Waals surface area contributed by atoms with Crippen LogP contribution in [0.3, 0.4) is 0 Å². The Labute approximate surface area is 100 Å². The minimum atomic E-state index is -0.774. The zero-order valence-corrected chi connectivity index (χ0v) is 9.60. The van der Waals surface area contributed by atoms with E-state index in [0.29, 0.717) is 5.56 Å². The Morgan fingerprint density at radius 1 is 1.35 bits per heavy atom. The van der Waals surface area contributed by atoms with Crippen molar-refractivity contribution in [3.8, 4) is 0 Å². The van der Waals surface area contributed by atoms with Crippen LogP contribution in [0.2, 0.25) is 0 Å². The first-order chi connectivity index (χ1) is 8.29. The van der Waals surface area contributed by atoms with Gasteiger partial charge in [0, 0.05) is 23.7 Å². The fourth-order valence-corrected chi connectivity index (χ4v) is 2.75. The summed E-state index contributed by atoms with van der Waals surface area (Å²) in [5.41, 5.74) is 1.38. The van der Waals surface area contributed by atoms with E-state index in [2.05, 4.69) is 5.32 Å². The van der Waals surface area contributed by atoms with E-state index >= 15 is 0 Å². The Morgan fingerprint density at radius 2 is 2.18 bits per heavy atom. The quantitative estimate of drug-likeness (QED) is 0.756. The fraction of sp³-hybridized carbons (Fsp3) is 0.462. The van der Waals surface area contributed by atoms with E-state index in [-0.39, 0.29) is 11.9 Å². The average molecular weight is 232 g/mol. The molecule has 1 aromatic carbocycles. The first-order valence-electron chi connectivity index (χ1n) is 6.09. The van der Waals surface area contributed by atoms with Gasteiger partial charge in [0.15, 0.2) is 6.23 Å². The zero-order chi connectivity index (χ0) is 11.8. The van der Waals surface area contributed by atoms with E-state index in [0.717, 1.165) is 31.5 Å². The number of amides is 1. The highest BCUT2D eigenvalue weighted by molar-refractivity contribution is 5.99. The third-order valence-electron chi connectivity index (χ3n) is 3.63. The number of hydrogen-bond acceptors (Lipinski definition) is 3. The van der Waals surface area contributed by atoms with Crippen molar-refractivity contribution in [2.75, 3.05) is 13.1 Å². The molecule has 3 rings (SSSR count). The predicted molar refractivity (Wildman–Crippen MR) is 63.5 cm³/mol. The summed E-state index contributed by atoms with van der Waals surface area (Å²) in [4.78, 5) is 13.9. The van der Waals surface area contributed by atoms with Gasteiger partial charge >= 0.3 is 0 Å². The van der Waals surface area contributed by atoms with Crippen molar-refractivity contribution in [1.29, 1.82) is 0 Å². The highest BCUT2D eigenvalue weighted by Crippen LogP contribution is 2.34. The Balaban J connectivity index is 1.91. The molecule has 0 radical (unpaired) electrons. The SMILES string of the molecule is O=C1c2ccccc2C(O)N1[C@H]1CCCNC1. The number of aliphatic hydroxyl groups excluding tert-OH is 1. The van der Waals surface area contributed by atoms with Crippen LogP contribution in [0.5, 0.6) is 0 Å². The van der Waals surface area contributed by atoms with Crippen molar-refractivity contribution in [1.82, 2.24) is 10.2 Å². The summed E-state index contributed by atoms with van der Waals surface area (Å²) in [6, 6.07) is 7.42. The third-order valence-corrected chi connectivity index (χ3v) is 3.63. The van der Waals surface area contributed by atoms with Crippen LogP contribution in [0.1, 0.15) is 35.0 Å². The second-order valence-electron chi connectivity index (χ2n) is 4.67. The van der Waals surface area contributed by atoms with E-state index in [9.17, 15) is 9.90 Å². The van der Waals surface area contributed by atoms with Crippen molar-refractivity contribution in [2.45, 2.75) is 25.1 Å². The Bertz CT molecular complexity index is 441. The minimum Gasteiger partial charge on any atom is -0.369 e. The van der Waals surface area contributed by atoms with Crippen molar-refractivity contribution in [2.24, 2.45) is 0 Å². The largest absolute Gasteiger partial charge is 0.369 e. The summed E-state index contributed by atoms with van der Waals surface area (Å²) in [5.74, 6) is -0.0400. The van der Waals surface area contributed by atoms with Crippen molar-refractivity contribution >= 4 is 5.91 Å². The van der Waals surface area contributed by atoms with Crippen LogP contribution < -0.4 is 5.32 Å². The minimum absolute atomic E-state index is 0.0400. The number of nitrogens with zero attached hydrogens (tertiary/aromatic N) is 1. The molecule has 1 aromatic rings. The summed E-state index contributed by atoms with van der Waals surface area (Å²) in [6.45, 7) is 1.78. The molecule has 2 N–H and O–H groups in total. The number of carbonyl (C=O) groups excluding carboxylic acids is 1.